The van der Waals surface area contributed by atoms with Gasteiger partial charge in [0.1, 0.15) is 17.3 Å². The summed E-state index contributed by atoms with van der Waals surface area (Å²) in [6.45, 7) is 6.63. The average Bonchev–Trinajstić information content (AvgIpc) is 3.15. The molecule has 5 rings (SSSR count). The van der Waals surface area contributed by atoms with E-state index in [0.717, 1.165) is 28.4 Å². The van der Waals surface area contributed by atoms with Gasteiger partial charge < -0.3 is 14.6 Å². The first-order chi connectivity index (χ1) is 17.7. The Labute approximate surface area is 214 Å². The Kier molecular flexibility index (Phi) is 6.96. The number of carbonyl (C=O) groups excluding carboxylic acids is 1. The smallest absolute Gasteiger partial charge is 0.317 e. The number of carbonyl (C=O) groups is 2. The topological polar surface area (TPSA) is 81.9 Å². The van der Waals surface area contributed by atoms with Crippen molar-refractivity contribution in [2.75, 3.05) is 32.7 Å². The van der Waals surface area contributed by atoms with E-state index in [1.165, 1.54) is 12.1 Å². The summed E-state index contributed by atoms with van der Waals surface area (Å²) in [5.41, 5.74) is 3.11. The van der Waals surface area contributed by atoms with Crippen molar-refractivity contribution in [2.24, 2.45) is 0 Å². The van der Waals surface area contributed by atoms with Gasteiger partial charge in [-0.1, -0.05) is 6.07 Å². The Morgan fingerprint density at radius 3 is 2.57 bits per heavy atom. The number of carboxylic acids is 1. The highest BCUT2D eigenvalue weighted by Gasteiger charge is 2.34. The molecule has 1 amide bonds. The van der Waals surface area contributed by atoms with Gasteiger partial charge in [-0.3, -0.25) is 19.4 Å². The molecule has 3 aromatic rings. The minimum atomic E-state index is -0.849. The summed E-state index contributed by atoms with van der Waals surface area (Å²) in [6, 6.07) is 7.54. The molecule has 0 saturated carbocycles. The van der Waals surface area contributed by atoms with E-state index in [1.54, 1.807) is 6.20 Å². The molecule has 1 aromatic carbocycles. The highest BCUT2D eigenvalue weighted by molar-refractivity contribution is 5.84. The summed E-state index contributed by atoms with van der Waals surface area (Å²) in [4.78, 5) is 35.0. The van der Waals surface area contributed by atoms with Crippen molar-refractivity contribution in [3.8, 4) is 0 Å². The van der Waals surface area contributed by atoms with Crippen LogP contribution in [0.1, 0.15) is 30.7 Å². The van der Waals surface area contributed by atoms with Crippen LogP contribution in [-0.4, -0.2) is 86.0 Å². The molecule has 2 aromatic heterocycles. The van der Waals surface area contributed by atoms with Gasteiger partial charge in [-0.05, 0) is 44.0 Å². The van der Waals surface area contributed by atoms with Crippen LogP contribution in [0.3, 0.4) is 0 Å². The quantitative estimate of drug-likeness (QED) is 0.548. The van der Waals surface area contributed by atoms with Crippen molar-refractivity contribution in [3.05, 3.63) is 65.0 Å². The van der Waals surface area contributed by atoms with Crippen LogP contribution in [0.15, 0.2) is 36.5 Å². The van der Waals surface area contributed by atoms with Crippen LogP contribution < -0.4 is 0 Å². The Morgan fingerprint density at radius 1 is 1.11 bits per heavy atom. The summed E-state index contributed by atoms with van der Waals surface area (Å²) in [5.74, 6) is -2.07. The van der Waals surface area contributed by atoms with E-state index in [0.29, 0.717) is 38.2 Å². The predicted molar refractivity (Wildman–Crippen MR) is 134 cm³/mol. The molecule has 2 aliphatic heterocycles. The SMILES string of the molecule is C[C@@H]1CN(CC(=O)O)C[C@H](C)N1CC(=O)N1CCc2c(n(Cc3ccc(F)cc3F)c3ncccc23)C1. The number of pyridine rings is 1. The average molecular weight is 512 g/mol. The van der Waals surface area contributed by atoms with Gasteiger partial charge in [-0.2, -0.15) is 0 Å². The van der Waals surface area contributed by atoms with Crippen molar-refractivity contribution < 1.29 is 23.5 Å². The highest BCUT2D eigenvalue weighted by atomic mass is 19.1. The van der Waals surface area contributed by atoms with Crippen LogP contribution in [0.5, 0.6) is 0 Å². The number of rotatable bonds is 6. The second-order valence-corrected chi connectivity index (χ2v) is 10.1. The van der Waals surface area contributed by atoms with Crippen LogP contribution in [0.25, 0.3) is 11.0 Å². The van der Waals surface area contributed by atoms with Crippen molar-refractivity contribution in [3.63, 3.8) is 0 Å². The maximum Gasteiger partial charge on any atom is 0.317 e. The minimum Gasteiger partial charge on any atom is -0.480 e. The first kappa shape index (κ1) is 25.3. The highest BCUT2D eigenvalue weighted by Crippen LogP contribution is 2.31. The summed E-state index contributed by atoms with van der Waals surface area (Å²) in [5, 5.41) is 10.1. The predicted octanol–water partition coefficient (Wildman–Crippen LogP) is 2.73. The van der Waals surface area contributed by atoms with Gasteiger partial charge >= 0.3 is 5.97 Å². The molecule has 4 heterocycles. The third-order valence-electron chi connectivity index (χ3n) is 7.56. The molecule has 0 spiro atoms. The maximum absolute atomic E-state index is 14.5. The lowest BCUT2D eigenvalue weighted by Gasteiger charge is -2.44. The second kappa shape index (κ2) is 10.2. The van der Waals surface area contributed by atoms with Gasteiger partial charge in [0, 0.05) is 60.6 Å². The number of aliphatic carboxylic acids is 1. The molecule has 1 fully saturated rings. The molecular formula is C27H31F2N5O3. The Hall–Kier alpha value is -3.37. The second-order valence-electron chi connectivity index (χ2n) is 10.1. The Morgan fingerprint density at radius 2 is 1.86 bits per heavy atom. The molecule has 0 radical (unpaired) electrons. The maximum atomic E-state index is 14.5. The first-order valence-electron chi connectivity index (χ1n) is 12.6. The van der Waals surface area contributed by atoms with E-state index in [1.807, 2.05) is 40.3 Å². The number of amides is 1. The van der Waals surface area contributed by atoms with E-state index < -0.39 is 17.6 Å². The van der Waals surface area contributed by atoms with Gasteiger partial charge in [-0.25, -0.2) is 13.8 Å². The number of halogens is 2. The van der Waals surface area contributed by atoms with Gasteiger partial charge in [0.2, 0.25) is 5.91 Å². The zero-order chi connectivity index (χ0) is 26.3. The van der Waals surface area contributed by atoms with Crippen LogP contribution in [0, 0.1) is 11.6 Å². The number of benzene rings is 1. The number of hydrogen-bond acceptors (Lipinski definition) is 5. The van der Waals surface area contributed by atoms with E-state index in [4.69, 9.17) is 5.11 Å². The minimum absolute atomic E-state index is 0.00139. The molecule has 0 bridgehead atoms. The Balaban J connectivity index is 1.36. The van der Waals surface area contributed by atoms with Gasteiger partial charge in [0.15, 0.2) is 0 Å². The molecule has 2 aliphatic rings. The van der Waals surface area contributed by atoms with Gasteiger partial charge in [0.05, 0.1) is 26.2 Å². The fraction of sp³-hybridized carbons (Fsp3) is 0.444. The molecule has 1 saturated heterocycles. The fourth-order valence-corrected chi connectivity index (χ4v) is 5.82. The zero-order valence-corrected chi connectivity index (χ0v) is 21.0. The molecule has 8 nitrogen and oxygen atoms in total. The summed E-state index contributed by atoms with van der Waals surface area (Å²) in [7, 11) is 0. The normalized spacial score (nSPS) is 20.8. The summed E-state index contributed by atoms with van der Waals surface area (Å²) >= 11 is 0. The third kappa shape index (κ3) is 5.08. The van der Waals surface area contributed by atoms with E-state index >= 15 is 0 Å². The van der Waals surface area contributed by atoms with E-state index in [9.17, 15) is 18.4 Å². The first-order valence-corrected chi connectivity index (χ1v) is 12.6. The van der Waals surface area contributed by atoms with Crippen molar-refractivity contribution >= 4 is 22.9 Å². The lowest BCUT2D eigenvalue weighted by Crippen LogP contribution is -2.59. The molecule has 1 N–H and O–H groups in total. The van der Waals surface area contributed by atoms with Gasteiger partial charge in [0.25, 0.3) is 0 Å². The lowest BCUT2D eigenvalue weighted by molar-refractivity contribution is -0.141. The van der Waals surface area contributed by atoms with Crippen LogP contribution in [0.2, 0.25) is 0 Å². The van der Waals surface area contributed by atoms with E-state index in [2.05, 4.69) is 9.88 Å². The third-order valence-corrected chi connectivity index (χ3v) is 7.56. The van der Waals surface area contributed by atoms with E-state index in [-0.39, 0.29) is 37.6 Å². The molecule has 2 atom stereocenters. The molecular weight excluding hydrogens is 480 g/mol. The number of piperazine rings is 1. The lowest BCUT2D eigenvalue weighted by atomic mass is 10.0. The van der Waals surface area contributed by atoms with Crippen molar-refractivity contribution in [1.29, 1.82) is 0 Å². The number of carboxylic acid groups (broad SMARTS) is 1. The summed E-state index contributed by atoms with van der Waals surface area (Å²) < 4.78 is 30.0. The van der Waals surface area contributed by atoms with Gasteiger partial charge in [-0.15, -0.1) is 0 Å². The molecule has 0 aliphatic carbocycles. The van der Waals surface area contributed by atoms with Crippen molar-refractivity contribution in [1.82, 2.24) is 24.3 Å². The number of nitrogens with zero attached hydrogens (tertiary/aromatic N) is 5. The standard InChI is InChI=1S/C27H31F2N5O3/c1-17-11-31(16-26(36)37)12-18(2)33(17)15-25(35)32-9-7-21-22-4-3-8-30-27(22)34(24(21)14-32)13-19-5-6-20(28)10-23(19)29/h3-6,8,10,17-18H,7,9,11-16H2,1-2H3,(H,36,37)/t17-,18+. The number of fused-ring (bicyclic) bond motifs is 3. The number of hydrogen-bond donors (Lipinski definition) is 1. The fourth-order valence-electron chi connectivity index (χ4n) is 5.82. The number of aromatic nitrogens is 2. The molecule has 37 heavy (non-hydrogen) atoms. The molecule has 196 valence electrons. The molecule has 10 heteroatoms. The van der Waals surface area contributed by atoms with Crippen LogP contribution in [0.4, 0.5) is 8.78 Å². The monoisotopic (exact) mass is 511 g/mol. The molecule has 0 unspecified atom stereocenters. The van der Waals surface area contributed by atoms with Crippen LogP contribution in [-0.2, 0) is 29.1 Å². The Bertz CT molecular complexity index is 1330. The summed E-state index contributed by atoms with van der Waals surface area (Å²) in [6.07, 6.45) is 2.36. The van der Waals surface area contributed by atoms with Crippen molar-refractivity contribution in [2.45, 2.75) is 45.4 Å². The largest absolute Gasteiger partial charge is 0.480 e. The van der Waals surface area contributed by atoms with Crippen LogP contribution >= 0.6 is 0 Å². The zero-order valence-electron chi connectivity index (χ0n) is 21.0.